The molecule has 2 N–H and O–H groups in total. The lowest BCUT2D eigenvalue weighted by Crippen LogP contribution is -2.27. The van der Waals surface area contributed by atoms with Crippen LogP contribution in [0.4, 0.5) is 11.4 Å². The maximum absolute atomic E-state index is 11.8. The van der Waals surface area contributed by atoms with Crippen LogP contribution in [0.15, 0.2) is 47.3 Å². The molecular weight excluding hydrogens is 270 g/mol. The fourth-order valence-corrected chi connectivity index (χ4v) is 1.72. The average molecular weight is 287 g/mol. The first-order chi connectivity index (χ1) is 10.0. The summed E-state index contributed by atoms with van der Waals surface area (Å²) in [4.78, 5) is 25.2. The molecule has 0 aliphatic rings. The van der Waals surface area contributed by atoms with E-state index in [0.717, 1.165) is 0 Å². The predicted molar refractivity (Wildman–Crippen MR) is 80.3 cm³/mol. The lowest BCUT2D eigenvalue weighted by Gasteiger charge is -2.10. The van der Waals surface area contributed by atoms with E-state index in [-0.39, 0.29) is 11.8 Å². The van der Waals surface area contributed by atoms with E-state index in [1.165, 1.54) is 12.5 Å². The van der Waals surface area contributed by atoms with E-state index in [4.69, 9.17) is 4.42 Å². The van der Waals surface area contributed by atoms with E-state index in [1.54, 1.807) is 35.2 Å². The highest BCUT2D eigenvalue weighted by molar-refractivity contribution is 6.04. The maximum atomic E-state index is 11.8. The minimum atomic E-state index is -0.242. The van der Waals surface area contributed by atoms with Crippen molar-refractivity contribution in [2.75, 3.05) is 31.3 Å². The van der Waals surface area contributed by atoms with Gasteiger partial charge >= 0.3 is 0 Å². The van der Waals surface area contributed by atoms with Crippen LogP contribution in [0.5, 0.6) is 0 Å². The number of carbonyl (C=O) groups excluding carboxylic acids is 2. The smallest absolute Gasteiger partial charge is 0.258 e. The number of likely N-dealkylation sites (N-methyl/N-ethyl adjacent to an activating group) is 1. The zero-order valence-corrected chi connectivity index (χ0v) is 11.9. The molecular formula is C15H17N3O3. The molecule has 0 aliphatic carbocycles. The van der Waals surface area contributed by atoms with Crippen molar-refractivity contribution in [2.24, 2.45) is 0 Å². The van der Waals surface area contributed by atoms with Crippen LogP contribution in [0.3, 0.4) is 0 Å². The number of nitrogens with one attached hydrogen (secondary N) is 2. The predicted octanol–water partition coefficient (Wildman–Crippen LogP) is 2.03. The molecule has 1 aromatic carbocycles. The largest absolute Gasteiger partial charge is 0.472 e. The highest BCUT2D eigenvalue weighted by Gasteiger charge is 2.07. The standard InChI is InChI=1S/C15H17N3O3/c1-18(2)9-14(19)16-12-3-5-13(6-4-12)17-15(20)11-7-8-21-10-11/h3-8,10H,9H2,1-2H3,(H,16,19)(H,17,20). The summed E-state index contributed by atoms with van der Waals surface area (Å²) in [6.07, 6.45) is 2.82. The highest BCUT2D eigenvalue weighted by atomic mass is 16.3. The van der Waals surface area contributed by atoms with Crippen LogP contribution in [-0.2, 0) is 4.79 Å². The summed E-state index contributed by atoms with van der Waals surface area (Å²) < 4.78 is 4.86. The number of hydrogen-bond donors (Lipinski definition) is 2. The zero-order chi connectivity index (χ0) is 15.2. The number of anilines is 2. The van der Waals surface area contributed by atoms with Gasteiger partial charge in [-0.05, 0) is 44.4 Å². The Morgan fingerprint density at radius 3 is 2.19 bits per heavy atom. The van der Waals surface area contributed by atoms with Gasteiger partial charge in [0.2, 0.25) is 5.91 Å². The molecule has 0 atom stereocenters. The van der Waals surface area contributed by atoms with Crippen molar-refractivity contribution >= 4 is 23.2 Å². The number of nitrogens with zero attached hydrogens (tertiary/aromatic N) is 1. The first-order valence-corrected chi connectivity index (χ1v) is 6.43. The van der Waals surface area contributed by atoms with E-state index in [2.05, 4.69) is 10.6 Å². The van der Waals surface area contributed by atoms with Crippen molar-refractivity contribution in [1.82, 2.24) is 4.90 Å². The molecule has 0 unspecified atom stereocenters. The molecule has 2 amide bonds. The number of furan rings is 1. The molecule has 1 heterocycles. The summed E-state index contributed by atoms with van der Waals surface area (Å²) in [7, 11) is 3.65. The van der Waals surface area contributed by atoms with Gasteiger partial charge in [0.15, 0.2) is 0 Å². The second kappa shape index (κ2) is 6.71. The van der Waals surface area contributed by atoms with Gasteiger partial charge in [-0.15, -0.1) is 0 Å². The van der Waals surface area contributed by atoms with Gasteiger partial charge in [0.25, 0.3) is 5.91 Å². The molecule has 2 aromatic rings. The molecule has 0 radical (unpaired) electrons. The molecule has 0 saturated carbocycles. The average Bonchev–Trinajstić information content (AvgIpc) is 2.94. The van der Waals surface area contributed by atoms with E-state index in [1.807, 2.05) is 14.1 Å². The molecule has 110 valence electrons. The van der Waals surface area contributed by atoms with E-state index in [9.17, 15) is 9.59 Å². The topological polar surface area (TPSA) is 74.6 Å². The van der Waals surface area contributed by atoms with Gasteiger partial charge in [0.1, 0.15) is 6.26 Å². The minimum absolute atomic E-state index is 0.0878. The number of carbonyl (C=O) groups is 2. The molecule has 0 bridgehead atoms. The van der Waals surface area contributed by atoms with Crippen LogP contribution in [0.2, 0.25) is 0 Å². The normalized spacial score (nSPS) is 10.4. The molecule has 1 aromatic heterocycles. The molecule has 0 spiro atoms. The van der Waals surface area contributed by atoms with Gasteiger partial charge in [0.05, 0.1) is 18.4 Å². The minimum Gasteiger partial charge on any atom is -0.472 e. The van der Waals surface area contributed by atoms with Crippen LogP contribution < -0.4 is 10.6 Å². The molecule has 0 saturated heterocycles. The summed E-state index contributed by atoms with van der Waals surface area (Å²) >= 11 is 0. The third-order valence-electron chi connectivity index (χ3n) is 2.67. The van der Waals surface area contributed by atoms with E-state index in [0.29, 0.717) is 23.5 Å². The number of hydrogen-bond acceptors (Lipinski definition) is 4. The third kappa shape index (κ3) is 4.47. The fraction of sp³-hybridized carbons (Fsp3) is 0.200. The van der Waals surface area contributed by atoms with Crippen LogP contribution in [0, 0.1) is 0 Å². The Morgan fingerprint density at radius 2 is 1.67 bits per heavy atom. The fourth-order valence-electron chi connectivity index (χ4n) is 1.72. The van der Waals surface area contributed by atoms with Crippen molar-refractivity contribution in [3.63, 3.8) is 0 Å². The van der Waals surface area contributed by atoms with E-state index < -0.39 is 0 Å². The Morgan fingerprint density at radius 1 is 1.05 bits per heavy atom. The zero-order valence-electron chi connectivity index (χ0n) is 11.9. The van der Waals surface area contributed by atoms with Gasteiger partial charge in [-0.2, -0.15) is 0 Å². The van der Waals surface area contributed by atoms with Crippen LogP contribution in [-0.4, -0.2) is 37.4 Å². The summed E-state index contributed by atoms with van der Waals surface area (Å²) in [6.45, 7) is 0.318. The van der Waals surface area contributed by atoms with Gasteiger partial charge in [0, 0.05) is 11.4 Å². The number of benzene rings is 1. The maximum Gasteiger partial charge on any atom is 0.258 e. The van der Waals surface area contributed by atoms with Gasteiger partial charge < -0.3 is 20.0 Å². The van der Waals surface area contributed by atoms with Crippen molar-refractivity contribution in [3.8, 4) is 0 Å². The van der Waals surface area contributed by atoms with Crippen molar-refractivity contribution < 1.29 is 14.0 Å². The summed E-state index contributed by atoms with van der Waals surface area (Å²) in [5.74, 6) is -0.330. The van der Waals surface area contributed by atoms with Crippen LogP contribution in [0.25, 0.3) is 0 Å². The Hall–Kier alpha value is -2.60. The van der Waals surface area contributed by atoms with Gasteiger partial charge in [-0.3, -0.25) is 9.59 Å². The summed E-state index contributed by atoms with van der Waals surface area (Å²) in [5, 5.41) is 5.51. The molecule has 21 heavy (non-hydrogen) atoms. The monoisotopic (exact) mass is 287 g/mol. The quantitative estimate of drug-likeness (QED) is 0.882. The molecule has 0 aliphatic heterocycles. The molecule has 6 nitrogen and oxygen atoms in total. The summed E-state index contributed by atoms with van der Waals surface area (Å²) in [6, 6.07) is 8.51. The molecule has 6 heteroatoms. The Balaban J connectivity index is 1.93. The number of rotatable bonds is 5. The van der Waals surface area contributed by atoms with Crippen molar-refractivity contribution in [3.05, 3.63) is 48.4 Å². The Bertz CT molecular complexity index is 604. The number of amides is 2. The summed E-state index contributed by atoms with van der Waals surface area (Å²) in [5.41, 5.74) is 1.79. The lowest BCUT2D eigenvalue weighted by atomic mass is 10.2. The molecule has 2 rings (SSSR count). The SMILES string of the molecule is CN(C)CC(=O)Nc1ccc(NC(=O)c2ccoc2)cc1. The first-order valence-electron chi connectivity index (χ1n) is 6.43. The lowest BCUT2D eigenvalue weighted by molar-refractivity contribution is -0.116. The van der Waals surface area contributed by atoms with Gasteiger partial charge in [-0.25, -0.2) is 0 Å². The second-order valence-corrected chi connectivity index (χ2v) is 4.83. The van der Waals surface area contributed by atoms with Crippen molar-refractivity contribution in [1.29, 1.82) is 0 Å². The van der Waals surface area contributed by atoms with Gasteiger partial charge in [-0.1, -0.05) is 0 Å². The second-order valence-electron chi connectivity index (χ2n) is 4.83. The third-order valence-corrected chi connectivity index (χ3v) is 2.67. The Kier molecular flexibility index (Phi) is 4.73. The highest BCUT2D eigenvalue weighted by Crippen LogP contribution is 2.14. The Labute approximate surface area is 122 Å². The van der Waals surface area contributed by atoms with Crippen LogP contribution in [0.1, 0.15) is 10.4 Å². The first kappa shape index (κ1) is 14.8. The van der Waals surface area contributed by atoms with Crippen LogP contribution >= 0.6 is 0 Å². The van der Waals surface area contributed by atoms with Crippen molar-refractivity contribution in [2.45, 2.75) is 0 Å². The van der Waals surface area contributed by atoms with E-state index >= 15 is 0 Å². The molecule has 0 fully saturated rings.